The smallest absolute Gasteiger partial charge is 0.261 e. The molecule has 118 valence electrons. The molecule has 7 heteroatoms. The Morgan fingerprint density at radius 3 is 2.33 bits per heavy atom. The van der Waals surface area contributed by atoms with Gasteiger partial charge in [0.1, 0.15) is 5.75 Å². The second-order valence-corrected chi connectivity index (χ2v) is 8.43. The Morgan fingerprint density at radius 2 is 1.90 bits per heavy atom. The second-order valence-electron chi connectivity index (χ2n) is 5.86. The van der Waals surface area contributed by atoms with Crippen LogP contribution >= 0.6 is 10.7 Å². The van der Waals surface area contributed by atoms with Crippen LogP contribution in [0.25, 0.3) is 0 Å². The Kier molecular flexibility index (Phi) is 5.28. The Morgan fingerprint density at radius 1 is 1.33 bits per heavy atom. The van der Waals surface area contributed by atoms with Crippen LogP contribution in [0.1, 0.15) is 38.1 Å². The van der Waals surface area contributed by atoms with Gasteiger partial charge in [-0.15, -0.1) is 0 Å². The summed E-state index contributed by atoms with van der Waals surface area (Å²) in [5.74, 6) is -0.117. The summed E-state index contributed by atoms with van der Waals surface area (Å²) in [4.78, 5) is 12.2. The summed E-state index contributed by atoms with van der Waals surface area (Å²) in [6, 6.07) is 3.81. The molecule has 0 bridgehead atoms. The lowest BCUT2D eigenvalue weighted by molar-refractivity contribution is 0.0907. The fourth-order valence-electron chi connectivity index (χ4n) is 1.51. The minimum absolute atomic E-state index is 0.106. The minimum Gasteiger partial charge on any atom is -0.496 e. The molecule has 0 aliphatic heterocycles. The second kappa shape index (κ2) is 6.23. The third-order valence-electron chi connectivity index (χ3n) is 3.34. The zero-order chi connectivity index (χ0) is 16.4. The molecule has 0 saturated carbocycles. The molecule has 1 aromatic rings. The largest absolute Gasteiger partial charge is 0.496 e. The van der Waals surface area contributed by atoms with E-state index in [1.807, 2.05) is 27.7 Å². The fraction of sp³-hybridized carbons (Fsp3) is 0.500. The van der Waals surface area contributed by atoms with Crippen molar-refractivity contribution in [2.45, 2.75) is 38.6 Å². The summed E-state index contributed by atoms with van der Waals surface area (Å²) < 4.78 is 27.9. The van der Waals surface area contributed by atoms with Crippen molar-refractivity contribution in [2.24, 2.45) is 5.41 Å². The minimum atomic E-state index is -3.90. The topological polar surface area (TPSA) is 72.5 Å². The van der Waals surface area contributed by atoms with Gasteiger partial charge >= 0.3 is 0 Å². The first kappa shape index (κ1) is 17.8. The van der Waals surface area contributed by atoms with Gasteiger partial charge in [-0.3, -0.25) is 4.79 Å². The van der Waals surface area contributed by atoms with Gasteiger partial charge in [-0.05, 0) is 30.5 Å². The molecule has 1 aromatic carbocycles. The Balaban J connectivity index is 3.19. The highest BCUT2D eigenvalue weighted by molar-refractivity contribution is 8.13. The van der Waals surface area contributed by atoms with Gasteiger partial charge in [0.2, 0.25) is 0 Å². The van der Waals surface area contributed by atoms with Gasteiger partial charge in [0.15, 0.2) is 0 Å². The molecule has 0 fully saturated rings. The number of methoxy groups -OCH3 is 1. The number of hydrogen-bond donors (Lipinski definition) is 1. The summed E-state index contributed by atoms with van der Waals surface area (Å²) in [7, 11) is 2.82. The highest BCUT2D eigenvalue weighted by Gasteiger charge is 2.24. The molecule has 21 heavy (non-hydrogen) atoms. The van der Waals surface area contributed by atoms with E-state index < -0.39 is 15.0 Å². The van der Waals surface area contributed by atoms with Crippen LogP contribution in [-0.2, 0) is 9.05 Å². The molecular formula is C14H20ClNO4S. The van der Waals surface area contributed by atoms with Gasteiger partial charge in [-0.25, -0.2) is 8.42 Å². The average Bonchev–Trinajstić information content (AvgIpc) is 2.35. The molecule has 5 nitrogen and oxygen atoms in total. The quantitative estimate of drug-likeness (QED) is 0.860. The lowest BCUT2D eigenvalue weighted by Gasteiger charge is -2.28. The van der Waals surface area contributed by atoms with Crippen molar-refractivity contribution in [2.75, 3.05) is 7.11 Å². The molecule has 1 unspecified atom stereocenters. The Hall–Kier alpha value is -1.27. The van der Waals surface area contributed by atoms with Gasteiger partial charge in [-0.1, -0.05) is 20.8 Å². The van der Waals surface area contributed by atoms with Crippen LogP contribution in [0.4, 0.5) is 0 Å². The van der Waals surface area contributed by atoms with Crippen LogP contribution in [0.15, 0.2) is 23.1 Å². The maximum atomic E-state index is 12.3. The highest BCUT2D eigenvalue weighted by atomic mass is 35.7. The highest BCUT2D eigenvalue weighted by Crippen LogP contribution is 2.25. The summed E-state index contributed by atoms with van der Waals surface area (Å²) in [6.45, 7) is 7.87. The first-order chi connectivity index (χ1) is 9.46. The van der Waals surface area contributed by atoms with Gasteiger partial charge in [0, 0.05) is 16.7 Å². The molecule has 0 aromatic heterocycles. The summed E-state index contributed by atoms with van der Waals surface area (Å²) >= 11 is 0. The van der Waals surface area contributed by atoms with Crippen LogP contribution < -0.4 is 10.1 Å². The maximum Gasteiger partial charge on any atom is 0.261 e. The van der Waals surface area contributed by atoms with E-state index in [4.69, 9.17) is 15.4 Å². The molecule has 1 rings (SSSR count). The van der Waals surface area contributed by atoms with Crippen molar-refractivity contribution in [3.8, 4) is 5.75 Å². The number of amides is 1. The molecule has 1 amide bonds. The van der Waals surface area contributed by atoms with E-state index in [-0.39, 0.29) is 27.7 Å². The lowest BCUT2D eigenvalue weighted by Crippen LogP contribution is -2.41. The summed E-state index contributed by atoms with van der Waals surface area (Å²) in [5, 5.41) is 2.83. The van der Waals surface area contributed by atoms with Crippen molar-refractivity contribution in [1.82, 2.24) is 5.32 Å². The first-order valence-corrected chi connectivity index (χ1v) is 8.71. The molecule has 0 saturated heterocycles. The number of carbonyl (C=O) groups is 1. The standard InChI is InChI=1S/C14H20ClNO4S/c1-9(14(2,3)4)16-13(17)11-8-10(21(15,18)19)6-7-12(11)20-5/h6-9H,1-5H3,(H,16,17). The SMILES string of the molecule is COc1ccc(S(=O)(=O)Cl)cc1C(=O)NC(C)C(C)(C)C. The van der Waals surface area contributed by atoms with Gasteiger partial charge in [0.25, 0.3) is 15.0 Å². The Labute approximate surface area is 130 Å². The molecule has 1 atom stereocenters. The normalized spacial score (nSPS) is 13.6. The molecule has 0 radical (unpaired) electrons. The monoisotopic (exact) mass is 333 g/mol. The van der Waals surface area contributed by atoms with Crippen LogP contribution in [-0.4, -0.2) is 27.5 Å². The third-order valence-corrected chi connectivity index (χ3v) is 4.70. The molecule has 0 spiro atoms. The average molecular weight is 334 g/mol. The van der Waals surface area contributed by atoms with Crippen LogP contribution in [0.2, 0.25) is 0 Å². The van der Waals surface area contributed by atoms with Crippen molar-refractivity contribution < 1.29 is 17.9 Å². The predicted octanol–water partition coefficient (Wildman–Crippen LogP) is 2.79. The van der Waals surface area contributed by atoms with E-state index in [0.717, 1.165) is 0 Å². The van der Waals surface area contributed by atoms with Gasteiger partial charge in [-0.2, -0.15) is 0 Å². The third kappa shape index (κ3) is 4.61. The van der Waals surface area contributed by atoms with Gasteiger partial charge in [0.05, 0.1) is 17.6 Å². The van der Waals surface area contributed by atoms with E-state index in [9.17, 15) is 13.2 Å². The molecule has 0 aliphatic carbocycles. The van der Waals surface area contributed by atoms with E-state index in [2.05, 4.69) is 5.32 Å². The number of rotatable bonds is 4. The van der Waals surface area contributed by atoms with Crippen molar-refractivity contribution in [1.29, 1.82) is 0 Å². The number of nitrogens with one attached hydrogen (secondary N) is 1. The van der Waals surface area contributed by atoms with Crippen LogP contribution in [0.5, 0.6) is 5.75 Å². The number of carbonyl (C=O) groups excluding carboxylic acids is 1. The van der Waals surface area contributed by atoms with Crippen LogP contribution in [0, 0.1) is 5.41 Å². The van der Waals surface area contributed by atoms with E-state index in [1.54, 1.807) is 0 Å². The lowest BCUT2D eigenvalue weighted by atomic mass is 9.88. The van der Waals surface area contributed by atoms with E-state index >= 15 is 0 Å². The van der Waals surface area contributed by atoms with Crippen LogP contribution in [0.3, 0.4) is 0 Å². The zero-order valence-corrected chi connectivity index (χ0v) is 14.3. The molecule has 0 aliphatic rings. The molecule has 1 N–H and O–H groups in total. The predicted molar refractivity (Wildman–Crippen MR) is 82.4 cm³/mol. The van der Waals surface area contributed by atoms with Crippen molar-refractivity contribution in [3.05, 3.63) is 23.8 Å². The summed E-state index contributed by atoms with van der Waals surface area (Å²) in [6.07, 6.45) is 0. The summed E-state index contributed by atoms with van der Waals surface area (Å²) in [5.41, 5.74) is 0.00863. The fourth-order valence-corrected chi connectivity index (χ4v) is 2.28. The first-order valence-electron chi connectivity index (χ1n) is 6.40. The number of hydrogen-bond acceptors (Lipinski definition) is 4. The van der Waals surface area contributed by atoms with Crippen molar-refractivity contribution in [3.63, 3.8) is 0 Å². The van der Waals surface area contributed by atoms with E-state index in [1.165, 1.54) is 25.3 Å². The Bertz CT molecular complexity index is 635. The van der Waals surface area contributed by atoms with E-state index in [0.29, 0.717) is 0 Å². The van der Waals surface area contributed by atoms with Crippen molar-refractivity contribution >= 4 is 25.6 Å². The molecule has 0 heterocycles. The van der Waals surface area contributed by atoms with Gasteiger partial charge < -0.3 is 10.1 Å². The maximum absolute atomic E-state index is 12.3. The number of ether oxygens (including phenoxy) is 1. The molecular weight excluding hydrogens is 314 g/mol. The zero-order valence-electron chi connectivity index (χ0n) is 12.7. The number of benzene rings is 1. The number of halogens is 1.